The van der Waals surface area contributed by atoms with Gasteiger partial charge in [-0.3, -0.25) is 9.36 Å². The minimum absolute atomic E-state index is 0.00235. The molecule has 7 heteroatoms. The number of aryl methyl sites for hydroxylation is 1. The van der Waals surface area contributed by atoms with Gasteiger partial charge < -0.3 is 9.30 Å². The van der Waals surface area contributed by atoms with Crippen molar-refractivity contribution in [3.8, 4) is 5.75 Å². The third-order valence-electron chi connectivity index (χ3n) is 7.01. The Morgan fingerprint density at radius 2 is 1.62 bits per heavy atom. The van der Waals surface area contributed by atoms with E-state index >= 15 is 0 Å². The van der Waals surface area contributed by atoms with Crippen molar-refractivity contribution < 1.29 is 4.74 Å². The van der Waals surface area contributed by atoms with Crippen LogP contribution in [0.1, 0.15) is 49.5 Å². The number of fused-ring (bicyclic) bond motifs is 4. The molecule has 1 aliphatic rings. The number of hydrogen-bond acceptors (Lipinski definition) is 5. The van der Waals surface area contributed by atoms with Gasteiger partial charge in [-0.15, -0.1) is 0 Å². The molecule has 0 amide bonds. The number of ether oxygens (including phenoxy) is 1. The van der Waals surface area contributed by atoms with Gasteiger partial charge in [-0.25, -0.2) is 15.0 Å². The van der Waals surface area contributed by atoms with Crippen LogP contribution in [0.15, 0.2) is 53.3 Å². The van der Waals surface area contributed by atoms with Gasteiger partial charge in [0.25, 0.3) is 5.56 Å². The first-order valence-electron chi connectivity index (χ1n) is 11.9. The molecule has 3 aromatic heterocycles. The zero-order valence-electron chi connectivity index (χ0n) is 19.5. The van der Waals surface area contributed by atoms with Gasteiger partial charge in [0.15, 0.2) is 11.3 Å². The molecule has 0 aliphatic heterocycles. The summed E-state index contributed by atoms with van der Waals surface area (Å²) in [5.74, 6) is 1.56. The second kappa shape index (κ2) is 8.24. The van der Waals surface area contributed by atoms with Crippen molar-refractivity contribution in [2.45, 2.75) is 51.6 Å². The van der Waals surface area contributed by atoms with E-state index in [2.05, 4.69) is 0 Å². The molecule has 2 aromatic carbocycles. The van der Waals surface area contributed by atoms with E-state index in [9.17, 15) is 4.79 Å². The molecule has 0 atom stereocenters. The van der Waals surface area contributed by atoms with Crippen molar-refractivity contribution >= 4 is 33.2 Å². The standard InChI is InChI=1S/C27H27N5O2/c1-17-28-25-23(27(33)32(17)19-8-4-3-5-9-19)24-26(30-22-11-7-6-10-21(22)29-24)31(25)16-18-12-14-20(34-2)15-13-18/h6-7,10-15,19H,3-5,8-9,16H2,1-2H3. The summed E-state index contributed by atoms with van der Waals surface area (Å²) >= 11 is 0. The average molecular weight is 454 g/mol. The van der Waals surface area contributed by atoms with E-state index in [0.717, 1.165) is 53.9 Å². The zero-order chi connectivity index (χ0) is 23.2. The lowest BCUT2D eigenvalue weighted by atomic mass is 9.95. The van der Waals surface area contributed by atoms with Crippen LogP contribution in [-0.2, 0) is 6.54 Å². The first-order chi connectivity index (χ1) is 16.6. The van der Waals surface area contributed by atoms with Gasteiger partial charge >= 0.3 is 0 Å². The Labute approximate surface area is 197 Å². The summed E-state index contributed by atoms with van der Waals surface area (Å²) in [7, 11) is 1.66. The Bertz CT molecular complexity index is 1580. The molecule has 0 N–H and O–H groups in total. The number of aromatic nitrogens is 5. The van der Waals surface area contributed by atoms with E-state index in [-0.39, 0.29) is 11.6 Å². The van der Waals surface area contributed by atoms with E-state index < -0.39 is 0 Å². The van der Waals surface area contributed by atoms with Crippen LogP contribution in [0, 0.1) is 6.92 Å². The fourth-order valence-corrected chi connectivity index (χ4v) is 5.31. The molecule has 6 rings (SSSR count). The lowest BCUT2D eigenvalue weighted by Crippen LogP contribution is -2.29. The van der Waals surface area contributed by atoms with Crippen molar-refractivity contribution in [3.63, 3.8) is 0 Å². The molecule has 34 heavy (non-hydrogen) atoms. The maximum Gasteiger partial charge on any atom is 0.265 e. The maximum atomic E-state index is 14.0. The summed E-state index contributed by atoms with van der Waals surface area (Å²) in [5.41, 5.74) is 4.62. The molecule has 0 radical (unpaired) electrons. The average Bonchev–Trinajstić information content (AvgIpc) is 3.16. The first kappa shape index (κ1) is 20.8. The number of nitrogens with zero attached hydrogens (tertiary/aromatic N) is 5. The summed E-state index contributed by atoms with van der Waals surface area (Å²) in [6.07, 6.45) is 5.58. The largest absolute Gasteiger partial charge is 0.497 e. The third kappa shape index (κ3) is 3.34. The topological polar surface area (TPSA) is 74.8 Å². The van der Waals surface area contributed by atoms with Crippen molar-refractivity contribution in [2.75, 3.05) is 7.11 Å². The molecular weight excluding hydrogens is 426 g/mol. The van der Waals surface area contributed by atoms with Gasteiger partial charge in [0.2, 0.25) is 0 Å². The van der Waals surface area contributed by atoms with Crippen LogP contribution >= 0.6 is 0 Å². The number of para-hydroxylation sites is 2. The molecule has 1 fully saturated rings. The minimum atomic E-state index is -0.00235. The SMILES string of the molecule is COc1ccc(Cn2c3nc4ccccc4nc3c3c(=O)n(C4CCCCC4)c(C)nc32)cc1. The van der Waals surface area contributed by atoms with Crippen molar-refractivity contribution in [1.82, 2.24) is 24.1 Å². The van der Waals surface area contributed by atoms with Crippen molar-refractivity contribution in [1.29, 1.82) is 0 Å². The smallest absolute Gasteiger partial charge is 0.265 e. The molecule has 7 nitrogen and oxygen atoms in total. The Hall–Kier alpha value is -3.74. The predicted octanol–water partition coefficient (Wildman–Crippen LogP) is 5.16. The summed E-state index contributed by atoms with van der Waals surface area (Å²) < 4.78 is 9.26. The van der Waals surface area contributed by atoms with E-state index in [1.54, 1.807) is 7.11 Å². The fourth-order valence-electron chi connectivity index (χ4n) is 5.31. The van der Waals surface area contributed by atoms with E-state index in [0.29, 0.717) is 28.7 Å². The highest BCUT2D eigenvalue weighted by molar-refractivity contribution is 6.04. The maximum absolute atomic E-state index is 14.0. The number of benzene rings is 2. The number of rotatable bonds is 4. The van der Waals surface area contributed by atoms with E-state index in [4.69, 9.17) is 19.7 Å². The third-order valence-corrected chi connectivity index (χ3v) is 7.01. The van der Waals surface area contributed by atoms with Gasteiger partial charge in [0, 0.05) is 6.04 Å². The highest BCUT2D eigenvalue weighted by atomic mass is 16.5. The second-order valence-electron chi connectivity index (χ2n) is 9.14. The molecule has 0 spiro atoms. The van der Waals surface area contributed by atoms with Crippen LogP contribution in [0.25, 0.3) is 33.2 Å². The first-order valence-corrected chi connectivity index (χ1v) is 11.9. The Morgan fingerprint density at radius 1 is 0.912 bits per heavy atom. The molecule has 172 valence electrons. The summed E-state index contributed by atoms with van der Waals surface area (Å²) in [6, 6.07) is 15.9. The van der Waals surface area contributed by atoms with Crippen LogP contribution in [0.2, 0.25) is 0 Å². The van der Waals surface area contributed by atoms with Crippen LogP contribution in [0.5, 0.6) is 5.75 Å². The predicted molar refractivity (Wildman–Crippen MR) is 134 cm³/mol. The summed E-state index contributed by atoms with van der Waals surface area (Å²) in [6.45, 7) is 2.48. The lowest BCUT2D eigenvalue weighted by molar-refractivity contribution is 0.339. The van der Waals surface area contributed by atoms with Crippen molar-refractivity contribution in [2.24, 2.45) is 0 Å². The molecule has 5 aromatic rings. The number of hydrogen-bond donors (Lipinski definition) is 0. The van der Waals surface area contributed by atoms with Crippen LogP contribution < -0.4 is 10.3 Å². The molecule has 0 bridgehead atoms. The highest BCUT2D eigenvalue weighted by Gasteiger charge is 2.25. The molecule has 1 aliphatic carbocycles. The Morgan fingerprint density at radius 3 is 2.32 bits per heavy atom. The van der Waals surface area contributed by atoms with Gasteiger partial charge in [-0.1, -0.05) is 43.5 Å². The van der Waals surface area contributed by atoms with Gasteiger partial charge in [0.1, 0.15) is 22.5 Å². The highest BCUT2D eigenvalue weighted by Crippen LogP contribution is 2.31. The van der Waals surface area contributed by atoms with Crippen LogP contribution in [0.4, 0.5) is 0 Å². The number of methoxy groups -OCH3 is 1. The minimum Gasteiger partial charge on any atom is -0.497 e. The Kier molecular flexibility index (Phi) is 5.05. The van der Waals surface area contributed by atoms with Crippen molar-refractivity contribution in [3.05, 3.63) is 70.3 Å². The Balaban J connectivity index is 1.63. The summed E-state index contributed by atoms with van der Waals surface area (Å²) in [5, 5.41) is 0.568. The summed E-state index contributed by atoms with van der Waals surface area (Å²) in [4.78, 5) is 28.8. The van der Waals surface area contributed by atoms with Gasteiger partial charge in [-0.2, -0.15) is 0 Å². The van der Waals surface area contributed by atoms with E-state index in [1.807, 2.05) is 64.6 Å². The fraction of sp³-hybridized carbons (Fsp3) is 0.333. The molecular formula is C27H27N5O2. The quantitative estimate of drug-likeness (QED) is 0.376. The molecule has 1 saturated carbocycles. The lowest BCUT2D eigenvalue weighted by Gasteiger charge is -2.25. The molecule has 0 saturated heterocycles. The molecule has 0 unspecified atom stereocenters. The van der Waals surface area contributed by atoms with Gasteiger partial charge in [0.05, 0.1) is 24.7 Å². The monoisotopic (exact) mass is 453 g/mol. The molecule has 3 heterocycles. The normalized spacial score (nSPS) is 14.9. The zero-order valence-corrected chi connectivity index (χ0v) is 19.5. The van der Waals surface area contributed by atoms with Crippen LogP contribution in [0.3, 0.4) is 0 Å². The van der Waals surface area contributed by atoms with Gasteiger partial charge in [-0.05, 0) is 49.6 Å². The van der Waals surface area contributed by atoms with E-state index in [1.165, 1.54) is 6.42 Å². The van der Waals surface area contributed by atoms with Crippen LogP contribution in [-0.4, -0.2) is 31.2 Å². The second-order valence-corrected chi connectivity index (χ2v) is 9.14.